The number of hydrogen-bond acceptors (Lipinski definition) is 7. The van der Waals surface area contributed by atoms with Gasteiger partial charge in [0, 0.05) is 12.1 Å². The summed E-state index contributed by atoms with van der Waals surface area (Å²) in [7, 11) is 6.97. The molecule has 0 aliphatic carbocycles. The summed E-state index contributed by atoms with van der Waals surface area (Å²) in [5, 5.41) is 11.3. The third-order valence-corrected chi connectivity index (χ3v) is 5.85. The number of methoxy groups -OCH3 is 2. The number of ether oxygens (including phenoxy) is 3. The number of Topliss-reactive ketones (excluding diaryl/α,β-unsaturated/α-hetero) is 1. The molecule has 1 amide bonds. The van der Waals surface area contributed by atoms with Gasteiger partial charge in [-0.3, -0.25) is 9.59 Å². The van der Waals surface area contributed by atoms with Gasteiger partial charge in [-0.2, -0.15) is 0 Å². The molecule has 0 saturated carbocycles. The molecular formula is C27H34N2O6. The first-order valence-corrected chi connectivity index (χ1v) is 11.7. The van der Waals surface area contributed by atoms with Gasteiger partial charge in [-0.25, -0.2) is 0 Å². The maximum Gasteiger partial charge on any atom is 0.295 e. The quantitative estimate of drug-likeness (QED) is 0.296. The van der Waals surface area contributed by atoms with Crippen molar-refractivity contribution >= 4 is 17.4 Å². The molecule has 1 aliphatic heterocycles. The summed E-state index contributed by atoms with van der Waals surface area (Å²) in [6, 6.07) is 11.4. The van der Waals surface area contributed by atoms with Crippen molar-refractivity contribution in [2.75, 3.05) is 48.0 Å². The van der Waals surface area contributed by atoms with E-state index < -0.39 is 17.7 Å². The molecule has 2 aromatic carbocycles. The van der Waals surface area contributed by atoms with Crippen LogP contribution >= 0.6 is 0 Å². The Morgan fingerprint density at radius 2 is 1.80 bits per heavy atom. The third-order valence-electron chi connectivity index (χ3n) is 5.85. The minimum atomic E-state index is -0.766. The van der Waals surface area contributed by atoms with E-state index in [4.69, 9.17) is 14.2 Å². The average Bonchev–Trinajstić information content (AvgIpc) is 3.11. The highest BCUT2D eigenvalue weighted by Gasteiger charge is 2.46. The minimum Gasteiger partial charge on any atom is -0.507 e. The lowest BCUT2D eigenvalue weighted by Gasteiger charge is -2.26. The summed E-state index contributed by atoms with van der Waals surface area (Å²) in [5.74, 6) is -0.00473. The molecule has 8 nitrogen and oxygen atoms in total. The smallest absolute Gasteiger partial charge is 0.295 e. The van der Waals surface area contributed by atoms with Crippen LogP contribution in [0.1, 0.15) is 36.9 Å². The van der Waals surface area contributed by atoms with Crippen molar-refractivity contribution in [2.24, 2.45) is 0 Å². The van der Waals surface area contributed by atoms with Gasteiger partial charge in [-0.1, -0.05) is 25.1 Å². The average molecular weight is 483 g/mol. The fraction of sp³-hybridized carbons (Fsp3) is 0.407. The van der Waals surface area contributed by atoms with Gasteiger partial charge in [0.1, 0.15) is 11.5 Å². The maximum atomic E-state index is 13.2. The number of nitrogens with zero attached hydrogens (tertiary/aromatic N) is 2. The van der Waals surface area contributed by atoms with Crippen molar-refractivity contribution in [1.29, 1.82) is 0 Å². The van der Waals surface area contributed by atoms with Gasteiger partial charge >= 0.3 is 0 Å². The molecule has 1 atom stereocenters. The number of benzene rings is 2. The third kappa shape index (κ3) is 5.77. The number of aliphatic hydroxyl groups excluding tert-OH is 1. The predicted molar refractivity (Wildman–Crippen MR) is 134 cm³/mol. The second-order valence-corrected chi connectivity index (χ2v) is 8.64. The van der Waals surface area contributed by atoms with Crippen molar-refractivity contribution in [1.82, 2.24) is 9.80 Å². The Kier molecular flexibility index (Phi) is 8.76. The van der Waals surface area contributed by atoms with Gasteiger partial charge in [-0.15, -0.1) is 0 Å². The summed E-state index contributed by atoms with van der Waals surface area (Å²) in [6.45, 7) is 3.65. The first-order valence-electron chi connectivity index (χ1n) is 11.7. The molecule has 8 heteroatoms. The second kappa shape index (κ2) is 11.8. The summed E-state index contributed by atoms with van der Waals surface area (Å²) in [4.78, 5) is 29.9. The molecule has 3 rings (SSSR count). The van der Waals surface area contributed by atoms with E-state index in [1.807, 2.05) is 25.9 Å². The van der Waals surface area contributed by atoms with Gasteiger partial charge < -0.3 is 29.1 Å². The highest BCUT2D eigenvalue weighted by Crippen LogP contribution is 2.42. The van der Waals surface area contributed by atoms with Crippen LogP contribution in [0.15, 0.2) is 48.0 Å². The Hall–Kier alpha value is -3.52. The van der Waals surface area contributed by atoms with Crippen LogP contribution in [0, 0.1) is 0 Å². The Morgan fingerprint density at radius 3 is 2.46 bits per heavy atom. The predicted octanol–water partition coefficient (Wildman–Crippen LogP) is 3.87. The van der Waals surface area contributed by atoms with Gasteiger partial charge in [0.15, 0.2) is 11.5 Å². The molecule has 0 radical (unpaired) electrons. The number of hydrogen-bond donors (Lipinski definition) is 1. The van der Waals surface area contributed by atoms with Gasteiger partial charge in [0.25, 0.3) is 11.7 Å². The highest BCUT2D eigenvalue weighted by molar-refractivity contribution is 6.46. The molecule has 1 N–H and O–H groups in total. The molecule has 1 unspecified atom stereocenters. The van der Waals surface area contributed by atoms with Crippen molar-refractivity contribution < 1.29 is 28.9 Å². The number of likely N-dealkylation sites (tertiary alicyclic amines) is 1. The van der Waals surface area contributed by atoms with E-state index in [0.29, 0.717) is 47.9 Å². The van der Waals surface area contributed by atoms with Crippen LogP contribution < -0.4 is 14.2 Å². The van der Waals surface area contributed by atoms with E-state index in [1.165, 1.54) is 12.0 Å². The monoisotopic (exact) mass is 482 g/mol. The fourth-order valence-corrected chi connectivity index (χ4v) is 4.15. The molecule has 35 heavy (non-hydrogen) atoms. The van der Waals surface area contributed by atoms with Crippen molar-refractivity contribution in [3.63, 3.8) is 0 Å². The van der Waals surface area contributed by atoms with E-state index in [9.17, 15) is 14.7 Å². The number of carbonyl (C=O) groups is 2. The molecule has 0 bridgehead atoms. The van der Waals surface area contributed by atoms with E-state index in [0.717, 1.165) is 13.0 Å². The van der Waals surface area contributed by atoms with Crippen LogP contribution in [0.2, 0.25) is 0 Å². The van der Waals surface area contributed by atoms with Crippen LogP contribution in [0.4, 0.5) is 0 Å². The molecule has 1 heterocycles. The Bertz CT molecular complexity index is 1090. The number of amides is 1. The van der Waals surface area contributed by atoms with Crippen LogP contribution in [-0.2, 0) is 9.59 Å². The summed E-state index contributed by atoms with van der Waals surface area (Å²) in [5.41, 5.74) is 1.10. The molecule has 1 aliphatic rings. The van der Waals surface area contributed by atoms with E-state index in [-0.39, 0.29) is 11.3 Å². The Balaban J connectivity index is 2.12. The molecule has 188 valence electrons. The minimum absolute atomic E-state index is 0.0414. The van der Waals surface area contributed by atoms with Gasteiger partial charge in [-0.05, 0) is 63.3 Å². The van der Waals surface area contributed by atoms with Gasteiger partial charge in [0.05, 0.1) is 32.4 Å². The standard InChI is InChI=1S/C27H34N2O6/c1-6-15-35-20-10-7-9-19(16-20)25(30)23-24(18-11-12-21(33-4)22(17-18)34-5)29(27(32)26(23)31)14-8-13-28(2)3/h7,9-12,16-17,24,30H,6,8,13-15H2,1-5H3. The fourth-order valence-electron chi connectivity index (χ4n) is 4.15. The number of aliphatic hydroxyl groups is 1. The molecule has 0 spiro atoms. The van der Waals surface area contributed by atoms with Crippen LogP contribution in [0.3, 0.4) is 0 Å². The summed E-state index contributed by atoms with van der Waals surface area (Å²) >= 11 is 0. The number of ketones is 1. The van der Waals surface area contributed by atoms with Crippen molar-refractivity contribution in [2.45, 2.75) is 25.8 Å². The normalized spacial score (nSPS) is 17.2. The lowest BCUT2D eigenvalue weighted by atomic mass is 9.95. The van der Waals surface area contributed by atoms with Crippen LogP contribution in [0.5, 0.6) is 17.2 Å². The van der Waals surface area contributed by atoms with Crippen molar-refractivity contribution in [3.05, 3.63) is 59.2 Å². The summed E-state index contributed by atoms with van der Waals surface area (Å²) in [6.07, 6.45) is 1.51. The molecule has 0 aromatic heterocycles. The Labute approximate surface area is 206 Å². The van der Waals surface area contributed by atoms with E-state index >= 15 is 0 Å². The lowest BCUT2D eigenvalue weighted by molar-refractivity contribution is -0.139. The van der Waals surface area contributed by atoms with Crippen LogP contribution in [0.25, 0.3) is 5.76 Å². The highest BCUT2D eigenvalue weighted by atomic mass is 16.5. The zero-order valence-corrected chi connectivity index (χ0v) is 21.0. The van der Waals surface area contributed by atoms with Gasteiger partial charge in [0.2, 0.25) is 0 Å². The first kappa shape index (κ1) is 26.1. The molecular weight excluding hydrogens is 448 g/mol. The first-order chi connectivity index (χ1) is 16.8. The zero-order chi connectivity index (χ0) is 25.5. The van der Waals surface area contributed by atoms with Crippen LogP contribution in [-0.4, -0.2) is 74.6 Å². The largest absolute Gasteiger partial charge is 0.507 e. The molecule has 1 saturated heterocycles. The second-order valence-electron chi connectivity index (χ2n) is 8.64. The SMILES string of the molecule is CCCOc1cccc(C(O)=C2C(=O)C(=O)N(CCCN(C)C)C2c2ccc(OC)c(OC)c2)c1. The maximum absolute atomic E-state index is 13.2. The van der Waals surface area contributed by atoms with E-state index in [2.05, 4.69) is 0 Å². The van der Waals surface area contributed by atoms with E-state index in [1.54, 1.807) is 49.6 Å². The zero-order valence-electron chi connectivity index (χ0n) is 21.0. The molecule has 1 fully saturated rings. The molecule has 2 aromatic rings. The lowest BCUT2D eigenvalue weighted by Crippen LogP contribution is -2.32. The van der Waals surface area contributed by atoms with Crippen molar-refractivity contribution in [3.8, 4) is 17.2 Å². The topological polar surface area (TPSA) is 88.5 Å². The number of carbonyl (C=O) groups excluding carboxylic acids is 2. The summed E-state index contributed by atoms with van der Waals surface area (Å²) < 4.78 is 16.5. The number of rotatable bonds is 11. The Morgan fingerprint density at radius 1 is 1.06 bits per heavy atom.